The van der Waals surface area contributed by atoms with Crippen molar-refractivity contribution in [2.45, 2.75) is 39.3 Å². The second-order valence-corrected chi connectivity index (χ2v) is 8.57. The molecule has 0 spiro atoms. The fourth-order valence-corrected chi connectivity index (χ4v) is 4.09. The molecule has 33 heavy (non-hydrogen) atoms. The standard InChI is InChI=1S/C27H25FN2O3/c1-16(2)19-4-6-20(7-5-19)24-23(25(31)21-8-9-22(28)17(3)14-21)26(32)27(33)30(24)15-18-10-12-29-13-11-18/h4-14,16,24,31H,15H2,1-3H3/b25-23-. The molecule has 0 bridgehead atoms. The maximum Gasteiger partial charge on any atom is 0.295 e. The van der Waals surface area contributed by atoms with Crippen molar-refractivity contribution in [1.82, 2.24) is 9.88 Å². The number of ketones is 1. The molecule has 168 valence electrons. The number of carbonyl (C=O) groups excluding carboxylic acids is 2. The zero-order valence-electron chi connectivity index (χ0n) is 18.7. The van der Waals surface area contributed by atoms with E-state index in [0.717, 1.165) is 11.1 Å². The fraction of sp³-hybridized carbons (Fsp3) is 0.222. The van der Waals surface area contributed by atoms with E-state index in [-0.39, 0.29) is 17.9 Å². The molecular weight excluding hydrogens is 419 g/mol. The van der Waals surface area contributed by atoms with Gasteiger partial charge in [0.1, 0.15) is 11.6 Å². The number of carbonyl (C=O) groups is 2. The third kappa shape index (κ3) is 4.29. The SMILES string of the molecule is Cc1cc(/C(O)=C2/C(=O)C(=O)N(Cc3ccncc3)C2c2ccc(C(C)C)cc2)ccc1F. The fourth-order valence-electron chi connectivity index (χ4n) is 4.09. The highest BCUT2D eigenvalue weighted by atomic mass is 19.1. The molecule has 0 aliphatic carbocycles. The maximum absolute atomic E-state index is 13.8. The highest BCUT2D eigenvalue weighted by Gasteiger charge is 2.46. The topological polar surface area (TPSA) is 70.5 Å². The van der Waals surface area contributed by atoms with Gasteiger partial charge in [-0.25, -0.2) is 4.39 Å². The molecule has 0 saturated carbocycles. The first-order valence-corrected chi connectivity index (χ1v) is 10.8. The van der Waals surface area contributed by atoms with Crippen LogP contribution >= 0.6 is 0 Å². The van der Waals surface area contributed by atoms with E-state index >= 15 is 0 Å². The lowest BCUT2D eigenvalue weighted by atomic mass is 9.93. The molecule has 6 heteroatoms. The first-order chi connectivity index (χ1) is 15.8. The Kier molecular flexibility index (Phi) is 6.09. The molecule has 1 atom stereocenters. The predicted molar refractivity (Wildman–Crippen MR) is 124 cm³/mol. The number of nitrogens with zero attached hydrogens (tertiary/aromatic N) is 2. The minimum atomic E-state index is -0.773. The maximum atomic E-state index is 13.8. The summed E-state index contributed by atoms with van der Waals surface area (Å²) in [5, 5.41) is 11.1. The second kappa shape index (κ2) is 8.98. The van der Waals surface area contributed by atoms with E-state index in [1.807, 2.05) is 24.3 Å². The minimum absolute atomic E-state index is 0.00244. The van der Waals surface area contributed by atoms with Gasteiger partial charge in [0, 0.05) is 24.5 Å². The van der Waals surface area contributed by atoms with Crippen LogP contribution in [0.2, 0.25) is 0 Å². The Hall–Kier alpha value is -3.80. The molecule has 1 unspecified atom stereocenters. The number of halogens is 1. The number of pyridine rings is 1. The predicted octanol–water partition coefficient (Wildman–Crippen LogP) is 5.27. The Morgan fingerprint density at radius 2 is 1.73 bits per heavy atom. The molecule has 1 amide bonds. The molecule has 1 aromatic heterocycles. The smallest absolute Gasteiger partial charge is 0.295 e. The van der Waals surface area contributed by atoms with Crippen LogP contribution in [-0.2, 0) is 16.1 Å². The van der Waals surface area contributed by atoms with Crippen molar-refractivity contribution < 1.29 is 19.1 Å². The summed E-state index contributed by atoms with van der Waals surface area (Å²) in [7, 11) is 0. The van der Waals surface area contributed by atoms with E-state index in [0.29, 0.717) is 22.6 Å². The molecular formula is C27H25FN2O3. The number of hydrogen-bond donors (Lipinski definition) is 1. The van der Waals surface area contributed by atoms with Crippen LogP contribution in [0.15, 0.2) is 72.6 Å². The number of aryl methyl sites for hydroxylation is 1. The number of hydrogen-bond acceptors (Lipinski definition) is 4. The van der Waals surface area contributed by atoms with Crippen molar-refractivity contribution in [3.8, 4) is 0 Å². The Morgan fingerprint density at radius 3 is 2.33 bits per heavy atom. The van der Waals surface area contributed by atoms with Crippen molar-refractivity contribution in [2.24, 2.45) is 0 Å². The summed E-state index contributed by atoms with van der Waals surface area (Å²) in [5.41, 5.74) is 3.28. The van der Waals surface area contributed by atoms with E-state index in [1.54, 1.807) is 31.5 Å². The van der Waals surface area contributed by atoms with Gasteiger partial charge in [-0.3, -0.25) is 14.6 Å². The van der Waals surface area contributed by atoms with Gasteiger partial charge < -0.3 is 10.0 Å². The number of aromatic nitrogens is 1. The summed E-state index contributed by atoms with van der Waals surface area (Å²) < 4.78 is 13.8. The molecule has 0 radical (unpaired) electrons. The lowest BCUT2D eigenvalue weighted by Crippen LogP contribution is -2.29. The first-order valence-electron chi connectivity index (χ1n) is 10.8. The monoisotopic (exact) mass is 444 g/mol. The quantitative estimate of drug-likeness (QED) is 0.330. The van der Waals surface area contributed by atoms with E-state index in [2.05, 4.69) is 18.8 Å². The van der Waals surface area contributed by atoms with Crippen molar-refractivity contribution in [3.63, 3.8) is 0 Å². The molecule has 1 N–H and O–H groups in total. The van der Waals surface area contributed by atoms with Gasteiger partial charge in [0.05, 0.1) is 11.6 Å². The molecule has 2 heterocycles. The molecule has 1 aliphatic rings. The van der Waals surface area contributed by atoms with Gasteiger partial charge in [-0.2, -0.15) is 0 Å². The van der Waals surface area contributed by atoms with Crippen LogP contribution in [0.1, 0.15) is 53.6 Å². The van der Waals surface area contributed by atoms with Crippen LogP contribution in [0.5, 0.6) is 0 Å². The lowest BCUT2D eigenvalue weighted by Gasteiger charge is -2.26. The van der Waals surface area contributed by atoms with Crippen molar-refractivity contribution in [1.29, 1.82) is 0 Å². The first kappa shape index (κ1) is 22.4. The summed E-state index contributed by atoms with van der Waals surface area (Å²) in [6, 6.07) is 14.6. The summed E-state index contributed by atoms with van der Waals surface area (Å²) in [6.45, 7) is 5.93. The van der Waals surface area contributed by atoms with Crippen LogP contribution in [0.4, 0.5) is 4.39 Å². The van der Waals surface area contributed by atoms with E-state index < -0.39 is 23.5 Å². The Morgan fingerprint density at radius 1 is 1.06 bits per heavy atom. The molecule has 4 rings (SSSR count). The van der Waals surface area contributed by atoms with Gasteiger partial charge in [0.2, 0.25) is 0 Å². The van der Waals surface area contributed by atoms with Gasteiger partial charge >= 0.3 is 0 Å². The minimum Gasteiger partial charge on any atom is -0.507 e. The average Bonchev–Trinajstić information content (AvgIpc) is 3.06. The third-order valence-corrected chi connectivity index (χ3v) is 5.99. The number of benzene rings is 2. The van der Waals surface area contributed by atoms with Crippen LogP contribution in [-0.4, -0.2) is 26.7 Å². The van der Waals surface area contributed by atoms with Gasteiger partial charge in [-0.1, -0.05) is 38.1 Å². The summed E-state index contributed by atoms with van der Waals surface area (Å²) in [6.07, 6.45) is 3.25. The van der Waals surface area contributed by atoms with E-state index in [9.17, 15) is 19.1 Å². The van der Waals surface area contributed by atoms with Gasteiger partial charge in [0.25, 0.3) is 11.7 Å². The summed E-state index contributed by atoms with van der Waals surface area (Å²) >= 11 is 0. The Labute approximate surface area is 192 Å². The van der Waals surface area contributed by atoms with Gasteiger partial charge in [-0.15, -0.1) is 0 Å². The summed E-state index contributed by atoms with van der Waals surface area (Å²) in [5.74, 6) is -1.85. The largest absolute Gasteiger partial charge is 0.507 e. The van der Waals surface area contributed by atoms with E-state index in [4.69, 9.17) is 0 Å². The number of rotatable bonds is 5. The molecule has 2 aromatic carbocycles. The zero-order valence-corrected chi connectivity index (χ0v) is 18.7. The molecule has 1 aliphatic heterocycles. The Balaban J connectivity index is 1.86. The number of amides is 1. The van der Waals surface area contributed by atoms with Crippen molar-refractivity contribution in [3.05, 3.63) is 106 Å². The van der Waals surface area contributed by atoms with Crippen LogP contribution in [0, 0.1) is 12.7 Å². The normalized spacial score (nSPS) is 17.7. The number of Topliss-reactive ketones (excluding diaryl/α,β-unsaturated/α-hetero) is 1. The highest BCUT2D eigenvalue weighted by Crippen LogP contribution is 2.40. The lowest BCUT2D eigenvalue weighted by molar-refractivity contribution is -0.140. The highest BCUT2D eigenvalue weighted by molar-refractivity contribution is 6.46. The molecule has 1 fully saturated rings. The number of likely N-dealkylation sites (tertiary alicyclic amines) is 1. The zero-order chi connectivity index (χ0) is 23.7. The van der Waals surface area contributed by atoms with Crippen molar-refractivity contribution in [2.75, 3.05) is 0 Å². The average molecular weight is 445 g/mol. The van der Waals surface area contributed by atoms with Crippen LogP contribution < -0.4 is 0 Å². The van der Waals surface area contributed by atoms with Gasteiger partial charge in [0.15, 0.2) is 0 Å². The Bertz CT molecular complexity index is 1230. The molecule has 3 aromatic rings. The molecule has 1 saturated heterocycles. The summed E-state index contributed by atoms with van der Waals surface area (Å²) in [4.78, 5) is 31.7. The van der Waals surface area contributed by atoms with Crippen molar-refractivity contribution >= 4 is 17.4 Å². The number of aliphatic hydroxyl groups is 1. The third-order valence-electron chi connectivity index (χ3n) is 5.99. The van der Waals surface area contributed by atoms with Gasteiger partial charge in [-0.05, 0) is 65.4 Å². The van der Waals surface area contributed by atoms with Crippen LogP contribution in [0.3, 0.4) is 0 Å². The van der Waals surface area contributed by atoms with Crippen LogP contribution in [0.25, 0.3) is 5.76 Å². The molecule has 5 nitrogen and oxygen atoms in total. The second-order valence-electron chi connectivity index (χ2n) is 8.57. The van der Waals surface area contributed by atoms with E-state index in [1.165, 1.54) is 23.1 Å². The number of aliphatic hydroxyl groups excluding tert-OH is 1.